The van der Waals surface area contributed by atoms with Crippen LogP contribution in [0.3, 0.4) is 0 Å². The minimum atomic E-state index is -0.543. The lowest BCUT2D eigenvalue weighted by Crippen LogP contribution is -2.09. The van der Waals surface area contributed by atoms with Crippen molar-refractivity contribution in [1.82, 2.24) is 0 Å². The molecule has 3 aromatic rings. The summed E-state index contributed by atoms with van der Waals surface area (Å²) in [6.45, 7) is 1.54. The van der Waals surface area contributed by atoms with Crippen molar-refractivity contribution < 1.29 is 14.3 Å². The number of hydrogen-bond acceptors (Lipinski definition) is 4. The highest BCUT2D eigenvalue weighted by atomic mass is 16.4. The predicted molar refractivity (Wildman–Crippen MR) is 87.8 cm³/mol. The maximum atomic E-state index is 12.1. The van der Waals surface area contributed by atoms with Crippen LogP contribution in [0.2, 0.25) is 0 Å². The number of carbonyl (C=O) groups is 1. The van der Waals surface area contributed by atoms with Gasteiger partial charge in [0.1, 0.15) is 17.1 Å². The zero-order valence-electron chi connectivity index (χ0n) is 12.7. The van der Waals surface area contributed by atoms with Crippen LogP contribution in [0.4, 0.5) is 0 Å². The summed E-state index contributed by atoms with van der Waals surface area (Å²) < 4.78 is 5.27. The average Bonchev–Trinajstić information content (AvgIpc) is 2.51. The standard InChI is InChI=1S/C19H16O4/c1-12(20)9-13-5-4-6-14(10-13)11-16-18(21)15-7-2-3-8-17(15)23-19(16)22/h2-8,10,21H,9,11H2,1H3. The molecule has 0 aliphatic heterocycles. The van der Waals surface area contributed by atoms with Gasteiger partial charge in [-0.15, -0.1) is 0 Å². The van der Waals surface area contributed by atoms with Gasteiger partial charge in [0.05, 0.1) is 10.9 Å². The molecule has 1 N–H and O–H groups in total. The zero-order valence-corrected chi connectivity index (χ0v) is 12.7. The Labute approximate surface area is 133 Å². The molecule has 0 unspecified atom stereocenters. The Morgan fingerprint density at radius 3 is 2.61 bits per heavy atom. The second-order valence-corrected chi connectivity index (χ2v) is 5.59. The van der Waals surface area contributed by atoms with E-state index in [0.29, 0.717) is 17.4 Å². The first-order valence-corrected chi connectivity index (χ1v) is 7.35. The Bertz CT molecular complexity index is 937. The molecule has 0 saturated carbocycles. The fourth-order valence-electron chi connectivity index (χ4n) is 2.67. The fourth-order valence-corrected chi connectivity index (χ4v) is 2.67. The number of aromatic hydroxyl groups is 1. The highest BCUT2D eigenvalue weighted by molar-refractivity contribution is 5.84. The van der Waals surface area contributed by atoms with Crippen molar-refractivity contribution in [2.75, 3.05) is 0 Å². The largest absolute Gasteiger partial charge is 0.507 e. The van der Waals surface area contributed by atoms with Gasteiger partial charge >= 0.3 is 5.63 Å². The van der Waals surface area contributed by atoms with Crippen molar-refractivity contribution in [3.05, 3.63) is 75.6 Å². The molecule has 116 valence electrons. The second-order valence-electron chi connectivity index (χ2n) is 5.59. The van der Waals surface area contributed by atoms with Crippen LogP contribution >= 0.6 is 0 Å². The van der Waals surface area contributed by atoms with Crippen molar-refractivity contribution >= 4 is 16.8 Å². The number of benzene rings is 2. The number of carbonyl (C=O) groups excluding carboxylic acids is 1. The smallest absolute Gasteiger partial charge is 0.343 e. The van der Waals surface area contributed by atoms with E-state index < -0.39 is 5.63 Å². The van der Waals surface area contributed by atoms with Crippen LogP contribution in [-0.2, 0) is 17.6 Å². The molecule has 0 radical (unpaired) electrons. The Hall–Kier alpha value is -2.88. The third-order valence-corrected chi connectivity index (χ3v) is 3.70. The third-order valence-electron chi connectivity index (χ3n) is 3.70. The van der Waals surface area contributed by atoms with Crippen LogP contribution in [0.5, 0.6) is 5.75 Å². The lowest BCUT2D eigenvalue weighted by molar-refractivity contribution is -0.116. The molecule has 0 spiro atoms. The monoisotopic (exact) mass is 308 g/mol. The lowest BCUT2D eigenvalue weighted by Gasteiger charge is -2.07. The Balaban J connectivity index is 2.02. The number of rotatable bonds is 4. The lowest BCUT2D eigenvalue weighted by atomic mass is 10.0. The number of para-hydroxylation sites is 1. The van der Waals surface area contributed by atoms with Crippen LogP contribution in [-0.4, -0.2) is 10.9 Å². The SMILES string of the molecule is CC(=O)Cc1cccc(Cc2c(O)c3ccccc3oc2=O)c1. The van der Waals surface area contributed by atoms with E-state index in [9.17, 15) is 14.7 Å². The van der Waals surface area contributed by atoms with Crippen molar-refractivity contribution in [1.29, 1.82) is 0 Å². The second kappa shape index (κ2) is 6.08. The summed E-state index contributed by atoms with van der Waals surface area (Å²) >= 11 is 0. The van der Waals surface area contributed by atoms with Crippen LogP contribution in [0, 0.1) is 0 Å². The van der Waals surface area contributed by atoms with Crippen molar-refractivity contribution in [3.8, 4) is 5.75 Å². The van der Waals surface area contributed by atoms with Crippen molar-refractivity contribution in [3.63, 3.8) is 0 Å². The van der Waals surface area contributed by atoms with Crippen LogP contribution in [0.15, 0.2) is 57.7 Å². The molecule has 3 rings (SSSR count). The molecule has 1 aromatic heterocycles. The zero-order chi connectivity index (χ0) is 16.4. The van der Waals surface area contributed by atoms with Gasteiger partial charge in [-0.1, -0.05) is 36.4 Å². The van der Waals surface area contributed by atoms with E-state index >= 15 is 0 Å². The first-order valence-electron chi connectivity index (χ1n) is 7.35. The normalized spacial score (nSPS) is 10.8. The van der Waals surface area contributed by atoms with Gasteiger partial charge in [-0.05, 0) is 30.2 Å². The fraction of sp³-hybridized carbons (Fsp3) is 0.158. The topological polar surface area (TPSA) is 67.5 Å². The summed E-state index contributed by atoms with van der Waals surface area (Å²) in [6.07, 6.45) is 0.608. The van der Waals surface area contributed by atoms with E-state index in [-0.39, 0.29) is 23.5 Å². The summed E-state index contributed by atoms with van der Waals surface area (Å²) in [5.41, 5.74) is 1.78. The molecule has 0 saturated heterocycles. The van der Waals surface area contributed by atoms with E-state index in [1.54, 1.807) is 24.3 Å². The summed E-state index contributed by atoms with van der Waals surface area (Å²) in [5, 5.41) is 10.9. The summed E-state index contributed by atoms with van der Waals surface area (Å²) in [7, 11) is 0. The Kier molecular flexibility index (Phi) is 3.98. The van der Waals surface area contributed by atoms with E-state index in [4.69, 9.17) is 4.42 Å². The first kappa shape index (κ1) is 15.0. The average molecular weight is 308 g/mol. The van der Waals surface area contributed by atoms with Crippen LogP contribution in [0.25, 0.3) is 11.0 Å². The van der Waals surface area contributed by atoms with E-state index in [1.165, 1.54) is 6.92 Å². The minimum Gasteiger partial charge on any atom is -0.507 e. The summed E-state index contributed by atoms with van der Waals surface area (Å²) in [4.78, 5) is 23.4. The van der Waals surface area contributed by atoms with Gasteiger partial charge in [-0.3, -0.25) is 4.79 Å². The minimum absolute atomic E-state index is 0.0474. The molecule has 1 heterocycles. The maximum absolute atomic E-state index is 12.1. The van der Waals surface area contributed by atoms with Gasteiger partial charge in [0.15, 0.2) is 0 Å². The highest BCUT2D eigenvalue weighted by Crippen LogP contribution is 2.27. The first-order chi connectivity index (χ1) is 11.0. The van der Waals surface area contributed by atoms with Gasteiger partial charge < -0.3 is 9.52 Å². The molecule has 0 bridgehead atoms. The van der Waals surface area contributed by atoms with Gasteiger partial charge in [0.25, 0.3) is 0 Å². The molecule has 0 aliphatic carbocycles. The summed E-state index contributed by atoms with van der Waals surface area (Å²) in [6, 6.07) is 14.3. The molecule has 0 aliphatic rings. The highest BCUT2D eigenvalue weighted by Gasteiger charge is 2.14. The number of Topliss-reactive ketones (excluding diaryl/α,β-unsaturated/α-hetero) is 1. The predicted octanol–water partition coefficient (Wildman–Crippen LogP) is 3.22. The Morgan fingerprint density at radius 1 is 1.09 bits per heavy atom. The molecule has 0 atom stereocenters. The quantitative estimate of drug-likeness (QED) is 0.751. The van der Waals surface area contributed by atoms with Gasteiger partial charge in [0.2, 0.25) is 0 Å². The van der Waals surface area contributed by atoms with Gasteiger partial charge in [0, 0.05) is 12.8 Å². The Morgan fingerprint density at radius 2 is 1.83 bits per heavy atom. The molecule has 0 amide bonds. The van der Waals surface area contributed by atoms with Gasteiger partial charge in [-0.2, -0.15) is 0 Å². The molecular weight excluding hydrogens is 292 g/mol. The van der Waals surface area contributed by atoms with Crippen LogP contribution < -0.4 is 5.63 Å². The van der Waals surface area contributed by atoms with Crippen molar-refractivity contribution in [2.24, 2.45) is 0 Å². The van der Waals surface area contributed by atoms with E-state index in [1.807, 2.05) is 24.3 Å². The van der Waals surface area contributed by atoms with E-state index in [2.05, 4.69) is 0 Å². The maximum Gasteiger partial charge on any atom is 0.343 e. The molecular formula is C19H16O4. The van der Waals surface area contributed by atoms with Crippen LogP contribution in [0.1, 0.15) is 23.6 Å². The summed E-state index contributed by atoms with van der Waals surface area (Å²) in [5.74, 6) is 0.0315. The number of ketones is 1. The molecule has 23 heavy (non-hydrogen) atoms. The molecule has 4 heteroatoms. The molecule has 2 aromatic carbocycles. The van der Waals surface area contributed by atoms with Crippen molar-refractivity contribution in [2.45, 2.75) is 19.8 Å². The molecule has 0 fully saturated rings. The molecule has 4 nitrogen and oxygen atoms in total. The van der Waals surface area contributed by atoms with Gasteiger partial charge in [-0.25, -0.2) is 4.79 Å². The number of hydrogen-bond donors (Lipinski definition) is 1. The number of fused-ring (bicyclic) bond motifs is 1. The third kappa shape index (κ3) is 3.16. The van der Waals surface area contributed by atoms with E-state index in [0.717, 1.165) is 11.1 Å².